The highest BCUT2D eigenvalue weighted by atomic mass is 32.2. The second-order valence-corrected chi connectivity index (χ2v) is 33.2. The Hall–Kier alpha value is -10.3. The Morgan fingerprint density at radius 1 is 0.475 bits per heavy atom. The van der Waals surface area contributed by atoms with Gasteiger partial charge in [0.25, 0.3) is 0 Å². The number of carbonyl (C=O) groups excluding carboxylic acids is 15. The van der Waals surface area contributed by atoms with E-state index < -0.39 is 218 Å². The van der Waals surface area contributed by atoms with E-state index in [0.29, 0.717) is 49.4 Å². The van der Waals surface area contributed by atoms with Crippen LogP contribution in [0.4, 0.5) is 0 Å². The molecule has 3 heterocycles. The highest BCUT2D eigenvalue weighted by Gasteiger charge is 2.41. The second kappa shape index (κ2) is 52.5. The number of carbonyl (C=O) groups is 17. The van der Waals surface area contributed by atoms with Gasteiger partial charge >= 0.3 is 11.9 Å². The van der Waals surface area contributed by atoms with E-state index in [9.17, 15) is 91.7 Å². The third kappa shape index (κ3) is 38.0. The Morgan fingerprint density at radius 2 is 0.864 bits per heavy atom. The fourth-order valence-electron chi connectivity index (χ4n) is 13.0. The molecule has 15 amide bonds. The summed E-state index contributed by atoms with van der Waals surface area (Å²) in [6.07, 6.45) is 6.77. The lowest BCUT2D eigenvalue weighted by Crippen LogP contribution is -2.60. The molecule has 118 heavy (non-hydrogen) atoms. The number of aromatic amines is 2. The molecule has 662 valence electrons. The maximum absolute atomic E-state index is 14.6. The molecule has 0 spiro atoms. The summed E-state index contributed by atoms with van der Waals surface area (Å²) in [5, 5.41) is 52.8. The van der Waals surface area contributed by atoms with Crippen LogP contribution >= 0.6 is 11.8 Å². The van der Waals surface area contributed by atoms with Crippen LogP contribution < -0.4 is 86.3 Å². The van der Waals surface area contributed by atoms with Crippen molar-refractivity contribution in [1.82, 2.24) is 94.0 Å². The van der Waals surface area contributed by atoms with Gasteiger partial charge < -0.3 is 111 Å². The zero-order valence-electron chi connectivity index (χ0n) is 70.2. The Bertz CT molecular complexity index is 3640. The summed E-state index contributed by atoms with van der Waals surface area (Å²) in [4.78, 5) is 248. The Balaban J connectivity index is 1.83. The summed E-state index contributed by atoms with van der Waals surface area (Å²) in [5.41, 5.74) is 18.2. The van der Waals surface area contributed by atoms with Gasteiger partial charge in [0.1, 0.15) is 72.5 Å². The van der Waals surface area contributed by atoms with Gasteiger partial charge in [-0.25, -0.2) is 14.8 Å². The van der Waals surface area contributed by atoms with Crippen LogP contribution in [0.25, 0.3) is 0 Å². The Morgan fingerprint density at radius 3 is 1.28 bits per heavy atom. The number of likely N-dealkylation sites (tertiary alicyclic amines) is 1. The number of unbranched alkanes of at least 4 members (excludes halogenated alkanes) is 1. The number of thioether (sulfide) groups is 1. The standard InChI is InChI=1S/C77H129N21O19S/c1-40(2)27-48(79)76(115)98-25-16-18-59(98)74(113)95-53(28-41(3)4)66(105)84-37-62(101)97-64(45(11)12)75(114)96-56(31-44(9)10)69(108)89-51(23-26-118-13)68(107)88-49(17-14-15-24-78)65(104)83-36-61(100)87-50(19-21-60(80)99)67(106)93-57(32-46-34-81-38-85-46)72(111)92-55(30-43(7)8)71(110)94-58(33-47-35-82-39-86-47)73(112)91-54(29-42(5)6)70(109)90-52(77(116)117)20-22-63(102)103/h34-35,38-45,48-59,64H,14-33,36-37,78-79H2,1-13H3,(H2,80,99)(H,81,85)(H,82,86)(H,83,104)(H,84,105)(H,87,100)(H,88,107)(H,89,108)(H,90,109)(H,91,112)(H,92,111)(H,93,106)(H,94,110)(H,95,113)(H,96,114)(H,97,101)(H,102,103)(H,116,117)/t48-,49-,50-,51-,52-,53-,54-,55-,56-,57-,58-,59-,64-/m0/s1. The molecule has 13 atom stereocenters. The predicted octanol–water partition coefficient (Wildman–Crippen LogP) is -2.21. The SMILES string of the molecule is CSCC[C@H](NC(=O)[C@H](CC(C)C)NC(=O)[C@@H](NC(=O)CNC(=O)[C@H](CC(C)C)NC(=O)[C@@H]1CCCN1C(=O)[C@@H](N)CC(C)C)C(C)C)C(=O)N[C@@H](CCCCN)C(=O)NCC(=O)N[C@@H](CCC(N)=O)C(=O)N[C@@H](Cc1cnc[nH]1)C(=O)N[C@@H](CC(C)C)C(=O)N[C@@H](Cc1cnc[nH]1)C(=O)N[C@@H](CC(C)C)C(=O)N[C@@H](CCC(=O)O)C(=O)O. The average molecular weight is 1690 g/mol. The lowest BCUT2D eigenvalue weighted by atomic mass is 9.99. The van der Waals surface area contributed by atoms with Gasteiger partial charge in [0.15, 0.2) is 0 Å². The summed E-state index contributed by atoms with van der Waals surface area (Å²) >= 11 is 1.35. The minimum Gasteiger partial charge on any atom is -0.481 e. The first-order valence-electron chi connectivity index (χ1n) is 40.3. The van der Waals surface area contributed by atoms with Crippen LogP contribution in [0.5, 0.6) is 0 Å². The zero-order valence-corrected chi connectivity index (χ0v) is 71.0. The van der Waals surface area contributed by atoms with Crippen LogP contribution in [0.15, 0.2) is 25.0 Å². The normalized spacial score (nSPS) is 15.8. The first-order valence-corrected chi connectivity index (χ1v) is 41.7. The number of nitrogens with zero attached hydrogens (tertiary/aromatic N) is 3. The first kappa shape index (κ1) is 102. The number of primary amides is 1. The molecule has 2 aromatic rings. The zero-order chi connectivity index (χ0) is 88.6. The van der Waals surface area contributed by atoms with E-state index in [1.165, 1.54) is 41.7 Å². The third-order valence-electron chi connectivity index (χ3n) is 19.0. The highest BCUT2D eigenvalue weighted by Crippen LogP contribution is 2.22. The van der Waals surface area contributed by atoms with E-state index in [2.05, 4.69) is 89.1 Å². The number of amides is 15. The number of nitrogens with two attached hydrogens (primary N) is 3. The van der Waals surface area contributed by atoms with Crippen molar-refractivity contribution in [2.24, 2.45) is 52.7 Å². The molecule has 1 fully saturated rings. The molecular weight excluding hydrogens is 1560 g/mol. The number of hydrogen-bond donors (Lipinski definition) is 20. The monoisotopic (exact) mass is 1680 g/mol. The van der Waals surface area contributed by atoms with Crippen molar-refractivity contribution in [3.8, 4) is 0 Å². The molecule has 2 aromatic heterocycles. The lowest BCUT2D eigenvalue weighted by molar-refractivity contribution is -0.143. The van der Waals surface area contributed by atoms with Crippen molar-refractivity contribution in [2.75, 3.05) is 38.2 Å². The van der Waals surface area contributed by atoms with Gasteiger partial charge in [0.05, 0.1) is 31.8 Å². The smallest absolute Gasteiger partial charge is 0.326 e. The summed E-state index contributed by atoms with van der Waals surface area (Å²) < 4.78 is 0. The number of carboxylic acid groups (broad SMARTS) is 2. The first-order chi connectivity index (χ1) is 55.5. The van der Waals surface area contributed by atoms with E-state index in [1.807, 2.05) is 27.7 Å². The van der Waals surface area contributed by atoms with Crippen molar-refractivity contribution >= 4 is 112 Å². The minimum atomic E-state index is -1.63. The quantitative estimate of drug-likeness (QED) is 0.0312. The molecule has 0 radical (unpaired) electrons. The maximum Gasteiger partial charge on any atom is 0.326 e. The lowest BCUT2D eigenvalue weighted by Gasteiger charge is -2.29. The molecule has 1 aliphatic heterocycles. The van der Waals surface area contributed by atoms with Crippen LogP contribution in [0, 0.1) is 35.5 Å². The topological polar surface area (TPSA) is 626 Å². The van der Waals surface area contributed by atoms with Gasteiger partial charge in [-0.05, 0) is 138 Å². The van der Waals surface area contributed by atoms with E-state index in [-0.39, 0.29) is 99.8 Å². The Kier molecular flexibility index (Phi) is 45.3. The number of rotatable bonds is 56. The number of aromatic nitrogens is 4. The number of nitrogens with one attached hydrogen (secondary N) is 15. The minimum absolute atomic E-state index is 0.0230. The van der Waals surface area contributed by atoms with Gasteiger partial charge in [-0.1, -0.05) is 83.1 Å². The molecule has 41 heteroatoms. The molecule has 0 aromatic carbocycles. The van der Waals surface area contributed by atoms with Gasteiger partial charge in [-0.2, -0.15) is 11.8 Å². The molecule has 0 aliphatic carbocycles. The molecule has 0 unspecified atom stereocenters. The van der Waals surface area contributed by atoms with Crippen LogP contribution in [-0.4, -0.2) is 252 Å². The van der Waals surface area contributed by atoms with Crippen molar-refractivity contribution in [3.05, 3.63) is 36.4 Å². The second-order valence-electron chi connectivity index (χ2n) is 32.2. The fourth-order valence-corrected chi connectivity index (χ4v) is 13.4. The highest BCUT2D eigenvalue weighted by molar-refractivity contribution is 7.98. The molecule has 23 N–H and O–H groups in total. The maximum atomic E-state index is 14.6. The van der Waals surface area contributed by atoms with E-state index in [1.54, 1.807) is 61.6 Å². The van der Waals surface area contributed by atoms with Crippen LogP contribution in [0.2, 0.25) is 0 Å². The van der Waals surface area contributed by atoms with Crippen molar-refractivity contribution in [2.45, 2.75) is 271 Å². The number of hydrogen-bond acceptors (Lipinski definition) is 22. The number of aliphatic carboxylic acids is 2. The number of H-pyrrole nitrogens is 2. The van der Waals surface area contributed by atoms with Crippen LogP contribution in [0.3, 0.4) is 0 Å². The van der Waals surface area contributed by atoms with E-state index >= 15 is 0 Å². The van der Waals surface area contributed by atoms with Crippen molar-refractivity contribution < 1.29 is 91.7 Å². The predicted molar refractivity (Wildman–Crippen MR) is 436 cm³/mol. The third-order valence-corrected chi connectivity index (χ3v) is 19.6. The molecule has 40 nitrogen and oxygen atoms in total. The Labute approximate surface area is 693 Å². The van der Waals surface area contributed by atoms with Gasteiger partial charge in [0.2, 0.25) is 88.6 Å². The van der Waals surface area contributed by atoms with Crippen LogP contribution in [0.1, 0.15) is 191 Å². The molecule has 0 saturated carbocycles. The molecule has 0 bridgehead atoms. The number of imidazole rings is 2. The average Bonchev–Trinajstić information content (AvgIpc) is 1.68. The summed E-state index contributed by atoms with van der Waals surface area (Å²) in [5.74, 6) is -16.0. The molecular formula is C77H129N21O19S. The summed E-state index contributed by atoms with van der Waals surface area (Å²) in [7, 11) is 0. The molecule has 3 rings (SSSR count). The molecule has 1 aliphatic rings. The van der Waals surface area contributed by atoms with E-state index in [0.717, 1.165) is 0 Å². The van der Waals surface area contributed by atoms with Crippen LogP contribution in [-0.2, 0) is 94.3 Å². The van der Waals surface area contributed by atoms with Gasteiger partial charge in [0, 0.05) is 56.0 Å². The van der Waals surface area contributed by atoms with Gasteiger partial charge in [-0.15, -0.1) is 0 Å². The number of carboxylic acids is 2. The van der Waals surface area contributed by atoms with E-state index in [4.69, 9.17) is 17.2 Å². The van der Waals surface area contributed by atoms with Gasteiger partial charge in [-0.3, -0.25) is 76.7 Å². The molecule has 1 saturated heterocycles. The summed E-state index contributed by atoms with van der Waals surface area (Å²) in [6.45, 7) is 20.5. The summed E-state index contributed by atoms with van der Waals surface area (Å²) in [6, 6.07) is -17.1. The van der Waals surface area contributed by atoms with Crippen molar-refractivity contribution in [1.29, 1.82) is 0 Å². The fraction of sp³-hybridized carbons (Fsp3) is 0.701. The largest absolute Gasteiger partial charge is 0.481 e. The van der Waals surface area contributed by atoms with Crippen molar-refractivity contribution in [3.63, 3.8) is 0 Å².